The zero-order chi connectivity index (χ0) is 14.3. The normalized spacial score (nSPS) is 11.9. The van der Waals surface area contributed by atoms with Crippen molar-refractivity contribution >= 4 is 17.9 Å². The van der Waals surface area contributed by atoms with Crippen molar-refractivity contribution in [2.45, 2.75) is 39.2 Å². The highest BCUT2D eigenvalue weighted by atomic mass is 16.5. The molecule has 0 saturated heterocycles. The molecule has 0 saturated carbocycles. The highest BCUT2D eigenvalue weighted by Gasteiger charge is 2.22. The van der Waals surface area contributed by atoms with E-state index in [2.05, 4.69) is 6.58 Å². The maximum Gasteiger partial charge on any atom is 0.330 e. The first-order valence-corrected chi connectivity index (χ1v) is 5.57. The van der Waals surface area contributed by atoms with Gasteiger partial charge in [0.25, 0.3) is 0 Å². The fraction of sp³-hybridized carbons (Fsp3) is 0.583. The molecular formula is C12H18O6. The highest BCUT2D eigenvalue weighted by Crippen LogP contribution is 2.17. The lowest BCUT2D eigenvalue weighted by molar-refractivity contribution is -0.148. The number of hydrogen-bond acceptors (Lipinski definition) is 4. The van der Waals surface area contributed by atoms with E-state index < -0.39 is 23.8 Å². The van der Waals surface area contributed by atoms with E-state index >= 15 is 0 Å². The molecular weight excluding hydrogens is 240 g/mol. The molecule has 0 aromatic heterocycles. The molecule has 102 valence electrons. The zero-order valence-electron chi connectivity index (χ0n) is 10.5. The van der Waals surface area contributed by atoms with E-state index in [1.165, 1.54) is 0 Å². The van der Waals surface area contributed by atoms with E-state index in [-0.39, 0.29) is 30.9 Å². The van der Waals surface area contributed by atoms with E-state index in [9.17, 15) is 14.4 Å². The Hall–Kier alpha value is -1.85. The van der Waals surface area contributed by atoms with Crippen molar-refractivity contribution in [1.29, 1.82) is 0 Å². The van der Waals surface area contributed by atoms with Crippen molar-refractivity contribution in [3.63, 3.8) is 0 Å². The average molecular weight is 258 g/mol. The summed E-state index contributed by atoms with van der Waals surface area (Å²) in [5.74, 6) is -3.80. The summed E-state index contributed by atoms with van der Waals surface area (Å²) in [7, 11) is 0. The van der Waals surface area contributed by atoms with Gasteiger partial charge in [0.2, 0.25) is 0 Å². The van der Waals surface area contributed by atoms with Crippen LogP contribution in [0.3, 0.4) is 0 Å². The lowest BCUT2D eigenvalue weighted by atomic mass is 9.95. The number of rotatable bonds is 8. The predicted octanol–water partition coefficient (Wildman–Crippen LogP) is 1.45. The van der Waals surface area contributed by atoms with Crippen LogP contribution < -0.4 is 0 Å². The van der Waals surface area contributed by atoms with Crippen LogP contribution in [-0.4, -0.2) is 34.2 Å². The Morgan fingerprint density at radius 1 is 1.22 bits per heavy atom. The van der Waals surface area contributed by atoms with Crippen LogP contribution in [0.5, 0.6) is 0 Å². The van der Waals surface area contributed by atoms with Gasteiger partial charge in [-0.2, -0.15) is 0 Å². The van der Waals surface area contributed by atoms with Crippen LogP contribution in [0, 0.1) is 5.92 Å². The molecule has 0 spiro atoms. The first-order chi connectivity index (χ1) is 8.23. The number of esters is 1. The standard InChI is InChI=1S/C12H18O6/c1-7(2)18-10(13)5-4-9(12(16)17)6-8(3)11(14)15/h7,9H,3-6H2,1-2H3,(H,14,15)(H,16,17). The Bertz CT molecular complexity index is 344. The minimum Gasteiger partial charge on any atom is -0.481 e. The second-order valence-corrected chi connectivity index (χ2v) is 4.23. The molecule has 0 bridgehead atoms. The molecule has 6 heteroatoms. The summed E-state index contributed by atoms with van der Waals surface area (Å²) in [5, 5.41) is 17.5. The molecule has 0 heterocycles. The second kappa shape index (κ2) is 7.47. The number of carboxylic acids is 2. The third kappa shape index (κ3) is 6.67. The maximum atomic E-state index is 11.2. The van der Waals surface area contributed by atoms with Crippen LogP contribution in [0.4, 0.5) is 0 Å². The number of carboxylic acid groups (broad SMARTS) is 2. The topological polar surface area (TPSA) is 101 Å². The van der Waals surface area contributed by atoms with E-state index in [1.807, 2.05) is 0 Å². The molecule has 1 unspecified atom stereocenters. The summed E-state index contributed by atoms with van der Waals surface area (Å²) in [6.07, 6.45) is -0.454. The molecule has 0 aliphatic rings. The summed E-state index contributed by atoms with van der Waals surface area (Å²) in [6.45, 7) is 6.66. The fourth-order valence-electron chi connectivity index (χ4n) is 1.31. The Balaban J connectivity index is 4.30. The molecule has 6 nitrogen and oxygen atoms in total. The second-order valence-electron chi connectivity index (χ2n) is 4.23. The van der Waals surface area contributed by atoms with Crippen LogP contribution in [0.15, 0.2) is 12.2 Å². The van der Waals surface area contributed by atoms with E-state index in [0.717, 1.165) is 0 Å². The fourth-order valence-corrected chi connectivity index (χ4v) is 1.31. The van der Waals surface area contributed by atoms with Crippen LogP contribution in [0.25, 0.3) is 0 Å². The van der Waals surface area contributed by atoms with Crippen molar-refractivity contribution < 1.29 is 29.3 Å². The van der Waals surface area contributed by atoms with Gasteiger partial charge in [-0.25, -0.2) is 4.79 Å². The van der Waals surface area contributed by atoms with Gasteiger partial charge in [0.05, 0.1) is 12.0 Å². The third-order valence-electron chi connectivity index (χ3n) is 2.21. The van der Waals surface area contributed by atoms with Gasteiger partial charge < -0.3 is 14.9 Å². The molecule has 18 heavy (non-hydrogen) atoms. The SMILES string of the molecule is C=C(CC(CCC(=O)OC(C)C)C(=O)O)C(=O)O. The molecule has 0 radical (unpaired) electrons. The van der Waals surface area contributed by atoms with Crippen LogP contribution in [0.1, 0.15) is 33.1 Å². The quantitative estimate of drug-likeness (QED) is 0.504. The highest BCUT2D eigenvalue weighted by molar-refractivity contribution is 5.87. The van der Waals surface area contributed by atoms with Crippen LogP contribution in [-0.2, 0) is 19.1 Å². The Morgan fingerprint density at radius 2 is 1.78 bits per heavy atom. The van der Waals surface area contributed by atoms with Gasteiger partial charge in [-0.3, -0.25) is 9.59 Å². The Kier molecular flexibility index (Phi) is 6.70. The average Bonchev–Trinajstić information content (AvgIpc) is 2.21. The molecule has 0 rings (SSSR count). The van der Waals surface area contributed by atoms with Gasteiger partial charge in [-0.1, -0.05) is 6.58 Å². The van der Waals surface area contributed by atoms with Crippen LogP contribution in [0.2, 0.25) is 0 Å². The third-order valence-corrected chi connectivity index (χ3v) is 2.21. The number of hydrogen-bond donors (Lipinski definition) is 2. The first-order valence-electron chi connectivity index (χ1n) is 5.57. The summed E-state index contributed by atoms with van der Waals surface area (Å²) in [4.78, 5) is 32.7. The number of carbonyl (C=O) groups is 3. The summed E-state index contributed by atoms with van der Waals surface area (Å²) in [5.41, 5.74) is -0.181. The van der Waals surface area contributed by atoms with E-state index in [1.54, 1.807) is 13.8 Å². The lowest BCUT2D eigenvalue weighted by Crippen LogP contribution is -2.19. The number of aliphatic carboxylic acids is 2. The first kappa shape index (κ1) is 16.1. The van der Waals surface area contributed by atoms with Gasteiger partial charge in [0.1, 0.15) is 0 Å². The van der Waals surface area contributed by atoms with Gasteiger partial charge >= 0.3 is 17.9 Å². The smallest absolute Gasteiger partial charge is 0.330 e. The maximum absolute atomic E-state index is 11.2. The molecule has 0 aromatic carbocycles. The molecule has 0 aliphatic heterocycles. The van der Waals surface area contributed by atoms with Gasteiger partial charge in [0.15, 0.2) is 0 Å². The number of carbonyl (C=O) groups excluding carboxylic acids is 1. The van der Waals surface area contributed by atoms with Crippen molar-refractivity contribution in [1.82, 2.24) is 0 Å². The molecule has 0 aromatic rings. The molecule has 0 fully saturated rings. The minimum atomic E-state index is -1.23. The monoisotopic (exact) mass is 258 g/mol. The number of ether oxygens (including phenoxy) is 1. The molecule has 0 amide bonds. The molecule has 0 aliphatic carbocycles. The Labute approximate surface area is 105 Å². The largest absolute Gasteiger partial charge is 0.481 e. The predicted molar refractivity (Wildman–Crippen MR) is 63.0 cm³/mol. The Morgan fingerprint density at radius 3 is 2.17 bits per heavy atom. The molecule has 1 atom stereocenters. The van der Waals surface area contributed by atoms with Gasteiger partial charge in [-0.15, -0.1) is 0 Å². The van der Waals surface area contributed by atoms with Crippen molar-refractivity contribution in [2.24, 2.45) is 5.92 Å². The minimum absolute atomic E-state index is 0.0349. The van der Waals surface area contributed by atoms with Crippen LogP contribution >= 0.6 is 0 Å². The van der Waals surface area contributed by atoms with E-state index in [0.29, 0.717) is 0 Å². The summed E-state index contributed by atoms with van der Waals surface area (Å²) < 4.78 is 4.86. The summed E-state index contributed by atoms with van der Waals surface area (Å²) >= 11 is 0. The zero-order valence-corrected chi connectivity index (χ0v) is 10.5. The van der Waals surface area contributed by atoms with Gasteiger partial charge in [-0.05, 0) is 26.7 Å². The lowest BCUT2D eigenvalue weighted by Gasteiger charge is -2.12. The van der Waals surface area contributed by atoms with Crippen molar-refractivity contribution in [3.05, 3.63) is 12.2 Å². The molecule has 2 N–H and O–H groups in total. The van der Waals surface area contributed by atoms with Gasteiger partial charge in [0, 0.05) is 12.0 Å². The summed E-state index contributed by atoms with van der Waals surface area (Å²) in [6, 6.07) is 0. The van der Waals surface area contributed by atoms with Crippen molar-refractivity contribution in [3.8, 4) is 0 Å². The van der Waals surface area contributed by atoms with E-state index in [4.69, 9.17) is 14.9 Å². The van der Waals surface area contributed by atoms with Crippen molar-refractivity contribution in [2.75, 3.05) is 0 Å².